The predicted octanol–water partition coefficient (Wildman–Crippen LogP) is 5.50. The Morgan fingerprint density at radius 3 is 2.62 bits per heavy atom. The summed E-state index contributed by atoms with van der Waals surface area (Å²) in [5.74, 6) is 1.14. The number of hydrogen-bond donors (Lipinski definition) is 3. The Balaban J connectivity index is 1.21. The lowest BCUT2D eigenvalue weighted by Crippen LogP contribution is -2.51. The minimum atomic E-state index is -0.698. The van der Waals surface area contributed by atoms with Crippen LogP contribution in [0.3, 0.4) is 0 Å². The molecule has 39 heavy (non-hydrogen) atoms. The van der Waals surface area contributed by atoms with Crippen molar-refractivity contribution in [3.63, 3.8) is 0 Å². The number of rotatable bonds is 10. The van der Waals surface area contributed by atoms with E-state index in [2.05, 4.69) is 16.0 Å². The molecule has 1 aliphatic heterocycles. The van der Waals surface area contributed by atoms with Crippen LogP contribution < -0.4 is 25.4 Å². The van der Waals surface area contributed by atoms with Gasteiger partial charge in [0.2, 0.25) is 12.7 Å². The van der Waals surface area contributed by atoms with Crippen molar-refractivity contribution in [2.75, 3.05) is 18.7 Å². The first-order valence-electron chi connectivity index (χ1n) is 13.5. The van der Waals surface area contributed by atoms with Gasteiger partial charge in [-0.05, 0) is 55.7 Å². The Labute approximate surface area is 227 Å². The van der Waals surface area contributed by atoms with Crippen molar-refractivity contribution in [2.24, 2.45) is 5.92 Å². The third kappa shape index (κ3) is 6.90. The Hall–Kier alpha value is -4.01. The fourth-order valence-electron chi connectivity index (χ4n) is 5.15. The van der Waals surface area contributed by atoms with Crippen molar-refractivity contribution in [3.05, 3.63) is 66.2 Å². The van der Waals surface area contributed by atoms with Gasteiger partial charge in [-0.3, -0.25) is 9.59 Å². The summed E-state index contributed by atoms with van der Waals surface area (Å²) in [7, 11) is 0. The summed E-state index contributed by atoms with van der Waals surface area (Å²) >= 11 is 0. The van der Waals surface area contributed by atoms with Gasteiger partial charge in [0, 0.05) is 29.9 Å². The molecule has 0 saturated heterocycles. The molecular formula is C30H34FN3O5. The topological polar surface area (TPSA) is 102 Å². The normalized spacial score (nSPS) is 16.4. The summed E-state index contributed by atoms with van der Waals surface area (Å²) in [6, 6.07) is 13.9. The SMILES string of the molecule is C[C@@H](CNc1ccc2c(c1)OCO2)NC(=O)[C@H](CC1CCCCC1)NC(=O)c1ccc(-c2cccc(F)c2)o1. The fourth-order valence-corrected chi connectivity index (χ4v) is 5.15. The Morgan fingerprint density at radius 2 is 1.79 bits per heavy atom. The van der Waals surface area contributed by atoms with E-state index in [-0.39, 0.29) is 30.3 Å². The molecule has 2 aromatic carbocycles. The minimum Gasteiger partial charge on any atom is -0.454 e. The lowest BCUT2D eigenvalue weighted by Gasteiger charge is -2.27. The number of anilines is 1. The average molecular weight is 536 g/mol. The number of hydrogen-bond acceptors (Lipinski definition) is 6. The number of carbonyl (C=O) groups is 2. The van der Waals surface area contributed by atoms with E-state index in [0.717, 1.165) is 31.4 Å². The zero-order valence-corrected chi connectivity index (χ0v) is 22.0. The largest absolute Gasteiger partial charge is 0.454 e. The number of carbonyl (C=O) groups excluding carboxylic acids is 2. The van der Waals surface area contributed by atoms with Gasteiger partial charge in [-0.25, -0.2) is 4.39 Å². The van der Waals surface area contributed by atoms with E-state index in [9.17, 15) is 14.0 Å². The van der Waals surface area contributed by atoms with Crippen LogP contribution in [0.4, 0.5) is 10.1 Å². The van der Waals surface area contributed by atoms with Crippen LogP contribution in [0.15, 0.2) is 59.0 Å². The zero-order chi connectivity index (χ0) is 27.2. The van der Waals surface area contributed by atoms with Crippen molar-refractivity contribution in [1.29, 1.82) is 0 Å². The molecule has 3 aromatic rings. The molecule has 2 atom stereocenters. The van der Waals surface area contributed by atoms with Gasteiger partial charge < -0.3 is 29.8 Å². The van der Waals surface area contributed by atoms with Gasteiger partial charge in [0.25, 0.3) is 5.91 Å². The quantitative estimate of drug-likeness (QED) is 0.317. The smallest absolute Gasteiger partial charge is 0.287 e. The maximum absolute atomic E-state index is 13.6. The van der Waals surface area contributed by atoms with E-state index in [1.807, 2.05) is 25.1 Å². The van der Waals surface area contributed by atoms with Gasteiger partial charge in [-0.15, -0.1) is 0 Å². The van der Waals surface area contributed by atoms with E-state index in [0.29, 0.717) is 41.7 Å². The van der Waals surface area contributed by atoms with E-state index < -0.39 is 11.9 Å². The molecule has 9 heteroatoms. The molecule has 206 valence electrons. The number of amides is 2. The van der Waals surface area contributed by atoms with Gasteiger partial charge in [-0.2, -0.15) is 0 Å². The van der Waals surface area contributed by atoms with Crippen LogP contribution in [0.5, 0.6) is 11.5 Å². The van der Waals surface area contributed by atoms with E-state index in [1.54, 1.807) is 24.3 Å². The van der Waals surface area contributed by atoms with Crippen LogP contribution in [-0.4, -0.2) is 37.2 Å². The lowest BCUT2D eigenvalue weighted by molar-refractivity contribution is -0.124. The molecule has 5 rings (SSSR count). The van der Waals surface area contributed by atoms with Gasteiger partial charge in [0.05, 0.1) is 0 Å². The Kier molecular flexibility index (Phi) is 8.34. The van der Waals surface area contributed by atoms with Crippen LogP contribution in [0.2, 0.25) is 0 Å². The second-order valence-corrected chi connectivity index (χ2v) is 10.3. The Bertz CT molecular complexity index is 1300. The highest BCUT2D eigenvalue weighted by atomic mass is 19.1. The molecule has 1 aliphatic carbocycles. The van der Waals surface area contributed by atoms with Gasteiger partial charge in [-0.1, -0.05) is 44.2 Å². The fraction of sp³-hybridized carbons (Fsp3) is 0.400. The molecule has 1 fully saturated rings. The van der Waals surface area contributed by atoms with Crippen LogP contribution in [-0.2, 0) is 4.79 Å². The first-order valence-corrected chi connectivity index (χ1v) is 13.5. The molecule has 2 amide bonds. The third-order valence-corrected chi connectivity index (χ3v) is 7.23. The maximum Gasteiger partial charge on any atom is 0.287 e. The van der Waals surface area contributed by atoms with E-state index in [4.69, 9.17) is 13.9 Å². The van der Waals surface area contributed by atoms with Gasteiger partial charge in [0.15, 0.2) is 17.3 Å². The lowest BCUT2D eigenvalue weighted by atomic mass is 9.84. The summed E-state index contributed by atoms with van der Waals surface area (Å²) in [5.41, 5.74) is 1.40. The highest BCUT2D eigenvalue weighted by molar-refractivity contribution is 5.96. The Morgan fingerprint density at radius 1 is 0.974 bits per heavy atom. The van der Waals surface area contributed by atoms with Gasteiger partial charge >= 0.3 is 0 Å². The van der Waals surface area contributed by atoms with Crippen molar-refractivity contribution < 1.29 is 27.9 Å². The molecule has 1 saturated carbocycles. The maximum atomic E-state index is 13.6. The first kappa shape index (κ1) is 26.6. The number of nitrogens with one attached hydrogen (secondary N) is 3. The van der Waals surface area contributed by atoms with Crippen LogP contribution in [0.25, 0.3) is 11.3 Å². The van der Waals surface area contributed by atoms with Crippen LogP contribution >= 0.6 is 0 Å². The average Bonchev–Trinajstić information content (AvgIpc) is 3.62. The summed E-state index contributed by atoms with van der Waals surface area (Å²) in [6.45, 7) is 2.61. The second-order valence-electron chi connectivity index (χ2n) is 10.3. The first-order chi connectivity index (χ1) is 18.9. The number of halogens is 1. The van der Waals surface area contributed by atoms with E-state index >= 15 is 0 Å². The summed E-state index contributed by atoms with van der Waals surface area (Å²) in [6.07, 6.45) is 6.14. The molecule has 2 aliphatic rings. The molecule has 3 N–H and O–H groups in total. The second kappa shape index (κ2) is 12.2. The van der Waals surface area contributed by atoms with Crippen molar-refractivity contribution in [3.8, 4) is 22.8 Å². The summed E-state index contributed by atoms with van der Waals surface area (Å²) < 4.78 is 30.1. The van der Waals surface area contributed by atoms with Crippen LogP contribution in [0, 0.1) is 11.7 Å². The van der Waals surface area contributed by atoms with Crippen LogP contribution in [0.1, 0.15) is 56.0 Å². The van der Waals surface area contributed by atoms with Crippen molar-refractivity contribution in [1.82, 2.24) is 10.6 Å². The monoisotopic (exact) mass is 535 g/mol. The molecule has 0 radical (unpaired) electrons. The number of ether oxygens (including phenoxy) is 2. The summed E-state index contributed by atoms with van der Waals surface area (Å²) in [5, 5.41) is 9.25. The minimum absolute atomic E-state index is 0.0771. The standard InChI is InChI=1S/C30H34FN3O5/c1-19(17-32-23-10-11-26-28(16-23)38-18-37-26)33-29(35)24(14-20-6-3-2-4-7-20)34-30(36)27-13-12-25(39-27)21-8-5-9-22(31)15-21/h5,8-13,15-16,19-20,24,32H,2-4,6-7,14,17-18H2,1H3,(H,33,35)(H,34,36)/t19-,24-/m0/s1. The third-order valence-electron chi connectivity index (χ3n) is 7.23. The highest BCUT2D eigenvalue weighted by Crippen LogP contribution is 2.34. The molecule has 0 spiro atoms. The molecule has 0 unspecified atom stereocenters. The molecule has 0 bridgehead atoms. The molecular weight excluding hydrogens is 501 g/mol. The van der Waals surface area contributed by atoms with Crippen molar-refractivity contribution >= 4 is 17.5 Å². The van der Waals surface area contributed by atoms with Gasteiger partial charge in [0.1, 0.15) is 17.6 Å². The zero-order valence-electron chi connectivity index (χ0n) is 22.0. The highest BCUT2D eigenvalue weighted by Gasteiger charge is 2.28. The van der Waals surface area contributed by atoms with E-state index in [1.165, 1.54) is 18.6 Å². The van der Waals surface area contributed by atoms with Crippen molar-refractivity contribution in [2.45, 2.75) is 57.5 Å². The molecule has 2 heterocycles. The summed E-state index contributed by atoms with van der Waals surface area (Å²) in [4.78, 5) is 26.5. The number of benzene rings is 2. The number of fused-ring (bicyclic) bond motifs is 1. The molecule has 8 nitrogen and oxygen atoms in total. The predicted molar refractivity (Wildman–Crippen MR) is 145 cm³/mol. The molecule has 1 aromatic heterocycles. The number of furan rings is 1.